The van der Waals surface area contributed by atoms with E-state index in [4.69, 9.17) is 27.9 Å². The van der Waals surface area contributed by atoms with Crippen LogP contribution in [0.1, 0.15) is 22.5 Å². The number of ether oxygens (including phenoxy) is 1. The number of aryl methyl sites for hydroxylation is 1. The van der Waals surface area contributed by atoms with Crippen LogP contribution in [0.4, 0.5) is 0 Å². The Labute approximate surface area is 140 Å². The lowest BCUT2D eigenvalue weighted by atomic mass is 10.1. The first-order valence-corrected chi connectivity index (χ1v) is 7.70. The minimum absolute atomic E-state index is 0.175. The first kappa shape index (κ1) is 16.7. The van der Waals surface area contributed by atoms with Crippen LogP contribution in [0.25, 0.3) is 0 Å². The van der Waals surface area contributed by atoms with Crippen molar-refractivity contribution in [3.8, 4) is 5.75 Å². The van der Waals surface area contributed by atoms with Crippen molar-refractivity contribution in [1.82, 2.24) is 9.88 Å². The molecule has 0 spiro atoms. The molecule has 1 amide bonds. The number of benzene rings is 1. The smallest absolute Gasteiger partial charge is 0.267 e. The van der Waals surface area contributed by atoms with Gasteiger partial charge in [0.2, 0.25) is 0 Å². The molecular formula is C16H18Cl2N2O2. The molecule has 0 aliphatic rings. The maximum absolute atomic E-state index is 12.1. The third kappa shape index (κ3) is 3.96. The average molecular weight is 341 g/mol. The Hall–Kier alpha value is -1.65. The summed E-state index contributed by atoms with van der Waals surface area (Å²) in [6, 6.07) is 9.49. The fraction of sp³-hybridized carbons (Fsp3) is 0.312. The second-order valence-corrected chi connectivity index (χ2v) is 5.70. The first-order chi connectivity index (χ1) is 10.5. The highest BCUT2D eigenvalue weighted by Gasteiger charge is 2.14. The van der Waals surface area contributed by atoms with Gasteiger partial charge in [0.05, 0.1) is 12.1 Å². The van der Waals surface area contributed by atoms with E-state index in [0.29, 0.717) is 22.4 Å². The van der Waals surface area contributed by atoms with E-state index < -0.39 is 0 Å². The lowest BCUT2D eigenvalue weighted by molar-refractivity contribution is 0.0945. The van der Waals surface area contributed by atoms with E-state index >= 15 is 0 Å². The number of nitrogens with one attached hydrogen (secondary N) is 1. The summed E-state index contributed by atoms with van der Waals surface area (Å²) >= 11 is 11.9. The van der Waals surface area contributed by atoms with Gasteiger partial charge in [-0.25, -0.2) is 0 Å². The molecule has 0 bridgehead atoms. The average Bonchev–Trinajstić information content (AvgIpc) is 2.79. The van der Waals surface area contributed by atoms with E-state index in [1.165, 1.54) is 5.56 Å². The van der Waals surface area contributed by atoms with Gasteiger partial charge in [0.25, 0.3) is 5.91 Å². The molecule has 1 aromatic carbocycles. The Bertz CT molecular complexity index is 651. The van der Waals surface area contributed by atoms with Gasteiger partial charge in [0, 0.05) is 13.6 Å². The van der Waals surface area contributed by atoms with Crippen molar-refractivity contribution in [2.45, 2.75) is 12.8 Å². The highest BCUT2D eigenvalue weighted by molar-refractivity contribution is 6.41. The molecule has 1 N–H and O–H groups in total. The van der Waals surface area contributed by atoms with E-state index in [-0.39, 0.29) is 5.91 Å². The largest absolute Gasteiger partial charge is 0.497 e. The molecule has 0 saturated carbocycles. The van der Waals surface area contributed by atoms with Gasteiger partial charge in [0.15, 0.2) is 0 Å². The molecule has 6 heteroatoms. The van der Waals surface area contributed by atoms with Gasteiger partial charge in [-0.15, -0.1) is 0 Å². The van der Waals surface area contributed by atoms with Crippen molar-refractivity contribution < 1.29 is 9.53 Å². The standard InChI is InChI=1S/C16H18Cl2N2O2/c1-20-14(10-13(17)15(20)18)16(21)19-9-3-4-11-5-7-12(22-2)8-6-11/h5-8,10H,3-4,9H2,1-2H3,(H,19,21). The number of hydrogen-bond donors (Lipinski definition) is 1. The predicted molar refractivity (Wildman–Crippen MR) is 89.1 cm³/mol. The lowest BCUT2D eigenvalue weighted by Gasteiger charge is -2.07. The molecule has 4 nitrogen and oxygen atoms in total. The minimum Gasteiger partial charge on any atom is -0.497 e. The molecule has 0 saturated heterocycles. The molecular weight excluding hydrogens is 323 g/mol. The van der Waals surface area contributed by atoms with Crippen LogP contribution < -0.4 is 10.1 Å². The molecule has 0 radical (unpaired) electrons. The van der Waals surface area contributed by atoms with Crippen LogP contribution >= 0.6 is 23.2 Å². The summed E-state index contributed by atoms with van der Waals surface area (Å²) in [5, 5.41) is 3.62. The number of halogens is 2. The van der Waals surface area contributed by atoms with Crippen molar-refractivity contribution >= 4 is 29.1 Å². The van der Waals surface area contributed by atoms with Crippen molar-refractivity contribution in [2.75, 3.05) is 13.7 Å². The van der Waals surface area contributed by atoms with Gasteiger partial charge in [-0.05, 0) is 36.6 Å². The van der Waals surface area contributed by atoms with Crippen LogP contribution in [-0.2, 0) is 13.5 Å². The molecule has 22 heavy (non-hydrogen) atoms. The Kier molecular flexibility index (Phi) is 5.75. The number of carbonyl (C=O) groups is 1. The monoisotopic (exact) mass is 340 g/mol. The fourth-order valence-corrected chi connectivity index (χ4v) is 2.51. The summed E-state index contributed by atoms with van der Waals surface area (Å²) in [7, 11) is 3.35. The summed E-state index contributed by atoms with van der Waals surface area (Å²) in [6.45, 7) is 0.589. The molecule has 1 aromatic heterocycles. The highest BCUT2D eigenvalue weighted by atomic mass is 35.5. The zero-order chi connectivity index (χ0) is 16.1. The summed E-state index contributed by atoms with van der Waals surface area (Å²) in [4.78, 5) is 12.1. The second-order valence-electron chi connectivity index (χ2n) is 4.93. The van der Waals surface area contributed by atoms with Crippen LogP contribution in [0.5, 0.6) is 5.75 Å². The highest BCUT2D eigenvalue weighted by Crippen LogP contribution is 2.24. The lowest BCUT2D eigenvalue weighted by Crippen LogP contribution is -2.26. The minimum atomic E-state index is -0.175. The number of amides is 1. The number of methoxy groups -OCH3 is 1. The summed E-state index contributed by atoms with van der Waals surface area (Å²) in [5.74, 6) is 0.667. The predicted octanol–water partition coefficient (Wildman–Crippen LogP) is 3.70. The van der Waals surface area contributed by atoms with Crippen molar-refractivity contribution in [2.24, 2.45) is 7.05 Å². The third-order valence-corrected chi connectivity index (χ3v) is 4.28. The molecule has 2 rings (SSSR count). The SMILES string of the molecule is COc1ccc(CCCNC(=O)c2cc(Cl)c(Cl)n2C)cc1. The van der Waals surface area contributed by atoms with Gasteiger partial charge in [-0.3, -0.25) is 4.79 Å². The second kappa shape index (κ2) is 7.56. The molecule has 0 fully saturated rings. The van der Waals surface area contributed by atoms with E-state index in [0.717, 1.165) is 18.6 Å². The Morgan fingerprint density at radius 2 is 1.95 bits per heavy atom. The van der Waals surface area contributed by atoms with Gasteiger partial charge in [-0.1, -0.05) is 35.3 Å². The summed E-state index contributed by atoms with van der Waals surface area (Å²) in [6.07, 6.45) is 1.74. The Morgan fingerprint density at radius 3 is 2.50 bits per heavy atom. The summed E-state index contributed by atoms with van der Waals surface area (Å²) in [5.41, 5.74) is 1.67. The molecule has 0 unspecified atom stereocenters. The maximum atomic E-state index is 12.1. The van der Waals surface area contributed by atoms with Crippen molar-refractivity contribution in [3.63, 3.8) is 0 Å². The molecule has 0 atom stereocenters. The van der Waals surface area contributed by atoms with E-state index in [2.05, 4.69) is 5.32 Å². The quantitative estimate of drug-likeness (QED) is 0.814. The van der Waals surface area contributed by atoms with E-state index in [1.54, 1.807) is 24.8 Å². The third-order valence-electron chi connectivity index (χ3n) is 3.44. The van der Waals surface area contributed by atoms with Crippen LogP contribution in [0.3, 0.4) is 0 Å². The van der Waals surface area contributed by atoms with Gasteiger partial charge in [-0.2, -0.15) is 0 Å². The van der Waals surface area contributed by atoms with Crippen LogP contribution in [0.15, 0.2) is 30.3 Å². The molecule has 0 aliphatic heterocycles. The fourth-order valence-electron chi connectivity index (χ4n) is 2.14. The van der Waals surface area contributed by atoms with Gasteiger partial charge in [0.1, 0.15) is 16.6 Å². The van der Waals surface area contributed by atoms with Gasteiger partial charge >= 0.3 is 0 Å². The topological polar surface area (TPSA) is 43.3 Å². The number of carbonyl (C=O) groups excluding carboxylic acids is 1. The van der Waals surface area contributed by atoms with Gasteiger partial charge < -0.3 is 14.6 Å². The first-order valence-electron chi connectivity index (χ1n) is 6.94. The zero-order valence-corrected chi connectivity index (χ0v) is 14.0. The zero-order valence-electron chi connectivity index (χ0n) is 12.5. The van der Waals surface area contributed by atoms with Crippen molar-refractivity contribution in [3.05, 3.63) is 51.8 Å². The van der Waals surface area contributed by atoms with Crippen LogP contribution in [0.2, 0.25) is 10.2 Å². The van der Waals surface area contributed by atoms with Crippen LogP contribution in [0, 0.1) is 0 Å². The molecule has 0 aliphatic carbocycles. The Balaban J connectivity index is 1.80. The van der Waals surface area contributed by atoms with Crippen molar-refractivity contribution in [1.29, 1.82) is 0 Å². The molecule has 1 heterocycles. The number of rotatable bonds is 6. The number of nitrogens with zero attached hydrogens (tertiary/aromatic N) is 1. The number of aromatic nitrogens is 1. The number of hydrogen-bond acceptors (Lipinski definition) is 2. The Morgan fingerprint density at radius 1 is 1.27 bits per heavy atom. The van der Waals surface area contributed by atoms with Crippen LogP contribution in [-0.4, -0.2) is 24.1 Å². The molecule has 2 aromatic rings. The van der Waals surface area contributed by atoms with E-state index in [1.807, 2.05) is 24.3 Å². The normalized spacial score (nSPS) is 10.5. The van der Waals surface area contributed by atoms with E-state index in [9.17, 15) is 4.79 Å². The molecule has 118 valence electrons. The summed E-state index contributed by atoms with van der Waals surface area (Å²) < 4.78 is 6.69. The maximum Gasteiger partial charge on any atom is 0.267 e.